The number of hydrogen-bond donors (Lipinski definition) is 1. The fraction of sp³-hybridized carbons (Fsp3) is 0.718. The molecule has 0 saturated heterocycles. The van der Waals surface area contributed by atoms with Gasteiger partial charge in [-0.2, -0.15) is 0 Å². The van der Waals surface area contributed by atoms with Crippen LogP contribution in [0.5, 0.6) is 0 Å². The van der Waals surface area contributed by atoms with E-state index in [9.17, 15) is 18.4 Å². The van der Waals surface area contributed by atoms with E-state index in [1.165, 1.54) is 62.1 Å². The Bertz CT molecular complexity index is 1080. The molecular weight excluding hydrogens is 580 g/mol. The number of carbonyl (C=O) groups excluding carboxylic acids is 2. The van der Waals surface area contributed by atoms with E-state index in [0.29, 0.717) is 24.6 Å². The summed E-state index contributed by atoms with van der Waals surface area (Å²) in [6.07, 6.45) is 10.3. The van der Waals surface area contributed by atoms with Gasteiger partial charge in [0, 0.05) is 37.7 Å². The lowest BCUT2D eigenvalue weighted by Gasteiger charge is -2.27. The van der Waals surface area contributed by atoms with E-state index in [1.54, 1.807) is 4.90 Å². The van der Waals surface area contributed by atoms with Crippen LogP contribution in [0.2, 0.25) is 0 Å². The zero-order valence-corrected chi connectivity index (χ0v) is 31.0. The topological polar surface area (TPSA) is 75.8 Å². The van der Waals surface area contributed by atoms with E-state index < -0.39 is 12.3 Å². The highest BCUT2D eigenvalue weighted by Crippen LogP contribution is 2.35. The number of ketones is 1. The maximum absolute atomic E-state index is 13.8. The number of hydrogen-bond acceptors (Lipinski definition) is 4. The average molecular weight is 648 g/mol. The van der Waals surface area contributed by atoms with Crippen LogP contribution >= 0.6 is 0 Å². The molecule has 0 bridgehead atoms. The van der Waals surface area contributed by atoms with E-state index in [2.05, 4.69) is 78.6 Å². The molecule has 2 rings (SSSR count). The van der Waals surface area contributed by atoms with E-state index in [-0.39, 0.29) is 42.5 Å². The van der Waals surface area contributed by atoms with Crippen molar-refractivity contribution in [3.05, 3.63) is 46.2 Å². The molecule has 1 aliphatic rings. The minimum Gasteiger partial charge on any atom is -0.396 e. The lowest BCUT2D eigenvalue weighted by Crippen LogP contribution is -2.36. The quantitative estimate of drug-likeness (QED) is 0.152. The number of benzene rings is 1. The maximum Gasteiger partial charge on any atom is 0.253 e. The predicted molar refractivity (Wildman–Crippen MR) is 193 cm³/mol. The fourth-order valence-electron chi connectivity index (χ4n) is 5.04. The molecule has 1 aliphatic carbocycles. The highest BCUT2D eigenvalue weighted by molar-refractivity contribution is 6.09. The number of allylic oxidation sites excluding steroid dienone is 2. The number of aliphatic imine (C=N–C) groups is 1. The van der Waals surface area contributed by atoms with Gasteiger partial charge in [-0.05, 0) is 68.6 Å². The summed E-state index contributed by atoms with van der Waals surface area (Å²) in [5, 5.41) is 0. The molecule has 0 heterocycles. The third-order valence-electron chi connectivity index (χ3n) is 9.18. The molecule has 1 saturated carbocycles. The van der Waals surface area contributed by atoms with Crippen molar-refractivity contribution in [2.24, 2.45) is 22.6 Å². The van der Waals surface area contributed by atoms with Crippen LogP contribution in [0.15, 0.2) is 34.5 Å². The summed E-state index contributed by atoms with van der Waals surface area (Å²) >= 11 is 0. The highest BCUT2D eigenvalue weighted by atomic mass is 19.3. The average Bonchev–Trinajstić information content (AvgIpc) is 3.02. The molecule has 0 radical (unpaired) electrons. The van der Waals surface area contributed by atoms with Crippen molar-refractivity contribution in [1.82, 2.24) is 4.90 Å². The molecule has 264 valence electrons. The number of Topliss-reactive ketones (excluding diaryl/α,β-unsaturated/α-hetero) is 1. The first kappa shape index (κ1) is 43.4. The number of aryl methyl sites for hydroxylation is 2. The van der Waals surface area contributed by atoms with Crippen molar-refractivity contribution in [2.45, 2.75) is 152 Å². The third kappa shape index (κ3) is 17.9. The largest absolute Gasteiger partial charge is 0.396 e. The van der Waals surface area contributed by atoms with E-state index in [0.717, 1.165) is 25.2 Å². The van der Waals surface area contributed by atoms with Gasteiger partial charge in [-0.15, -0.1) is 0 Å². The first-order valence-corrected chi connectivity index (χ1v) is 17.8. The zero-order valence-electron chi connectivity index (χ0n) is 31.0. The number of alkyl halides is 2. The van der Waals surface area contributed by atoms with Gasteiger partial charge in [0.05, 0.1) is 12.1 Å². The number of nitrogens with zero attached hydrogens (tertiary/aromatic N) is 2. The van der Waals surface area contributed by atoms with Crippen molar-refractivity contribution >= 4 is 17.4 Å². The third-order valence-corrected chi connectivity index (χ3v) is 9.18. The number of carbonyl (C=O) groups is 2. The Morgan fingerprint density at radius 1 is 0.913 bits per heavy atom. The normalized spacial score (nSPS) is 17.2. The Morgan fingerprint density at radius 2 is 1.50 bits per heavy atom. The molecule has 1 aromatic rings. The Morgan fingerprint density at radius 3 is 2.00 bits per heavy atom. The van der Waals surface area contributed by atoms with Gasteiger partial charge >= 0.3 is 0 Å². The van der Waals surface area contributed by atoms with Gasteiger partial charge in [0.25, 0.3) is 5.92 Å². The summed E-state index contributed by atoms with van der Waals surface area (Å²) in [5.41, 5.74) is 10.4. The molecule has 0 aliphatic heterocycles. The van der Waals surface area contributed by atoms with Gasteiger partial charge in [0.15, 0.2) is 5.78 Å². The standard InChI is InChI=1S/C20H33F2N3O2.C10H22.C9H12/c1-5-10-25(11-8-14(3)6-2)18(27)13-24-17-12-20(21,22)9-7-16(17)19(23)15(4)26;1-4-6-7-8-9-10(3)5-2;1-7-5-4-6-8(2)9(7)3/h14H,5-13,23H2,1-4H3;10H,4-9H2,1-3H3;4-6H,1-3H3/b19-16-,24-17?;;. The van der Waals surface area contributed by atoms with Crippen molar-refractivity contribution < 1.29 is 18.4 Å². The number of rotatable bonds is 15. The predicted octanol–water partition coefficient (Wildman–Crippen LogP) is 10.3. The van der Waals surface area contributed by atoms with Crippen LogP contribution in [0.4, 0.5) is 8.78 Å². The van der Waals surface area contributed by atoms with E-state index in [1.807, 2.05) is 6.92 Å². The molecular formula is C39H67F2N3O2. The van der Waals surface area contributed by atoms with Crippen molar-refractivity contribution in [3.8, 4) is 0 Å². The number of unbranched alkanes of at least 4 members (excludes halogenated alkanes) is 3. The number of nitrogens with two attached hydrogens (primary N) is 1. The first-order chi connectivity index (χ1) is 21.6. The van der Waals surface area contributed by atoms with E-state index in [4.69, 9.17) is 5.73 Å². The van der Waals surface area contributed by atoms with Gasteiger partial charge in [0.1, 0.15) is 6.54 Å². The second-order valence-corrected chi connectivity index (χ2v) is 13.3. The Hall–Kier alpha value is -2.57. The van der Waals surface area contributed by atoms with Gasteiger partial charge in [-0.1, -0.05) is 105 Å². The zero-order chi connectivity index (χ0) is 35.3. The molecule has 0 spiro atoms. The van der Waals surface area contributed by atoms with Crippen molar-refractivity contribution in [2.75, 3.05) is 19.6 Å². The Labute approximate surface area is 280 Å². The van der Waals surface area contributed by atoms with Gasteiger partial charge in [-0.25, -0.2) is 8.78 Å². The van der Waals surface area contributed by atoms with Crippen LogP contribution in [0, 0.1) is 32.6 Å². The number of amides is 1. The van der Waals surface area contributed by atoms with Crippen molar-refractivity contribution in [3.63, 3.8) is 0 Å². The lowest BCUT2D eigenvalue weighted by atomic mass is 9.88. The monoisotopic (exact) mass is 648 g/mol. The second kappa shape index (κ2) is 23.7. The molecule has 0 aromatic heterocycles. The molecule has 2 atom stereocenters. The molecule has 1 fully saturated rings. The van der Waals surface area contributed by atoms with Crippen LogP contribution in [0.1, 0.15) is 142 Å². The smallest absolute Gasteiger partial charge is 0.253 e. The van der Waals surface area contributed by atoms with Gasteiger partial charge < -0.3 is 10.6 Å². The Balaban J connectivity index is 0.000000861. The molecule has 7 heteroatoms. The van der Waals surface area contributed by atoms with Crippen LogP contribution in [0.25, 0.3) is 0 Å². The molecule has 46 heavy (non-hydrogen) atoms. The minimum atomic E-state index is -2.89. The first-order valence-electron chi connectivity index (χ1n) is 17.8. The second-order valence-electron chi connectivity index (χ2n) is 13.3. The molecule has 2 N–H and O–H groups in total. The van der Waals surface area contributed by atoms with Crippen LogP contribution < -0.4 is 5.73 Å². The van der Waals surface area contributed by atoms with Crippen molar-refractivity contribution in [1.29, 1.82) is 0 Å². The van der Waals surface area contributed by atoms with Crippen LogP contribution in [0.3, 0.4) is 0 Å². The van der Waals surface area contributed by atoms with Gasteiger partial charge in [-0.3, -0.25) is 14.6 Å². The summed E-state index contributed by atoms with van der Waals surface area (Å²) < 4.78 is 27.6. The maximum atomic E-state index is 13.8. The molecule has 5 nitrogen and oxygen atoms in total. The minimum absolute atomic E-state index is 0.00186. The lowest BCUT2D eigenvalue weighted by molar-refractivity contribution is -0.129. The highest BCUT2D eigenvalue weighted by Gasteiger charge is 2.38. The summed E-state index contributed by atoms with van der Waals surface area (Å²) in [5.74, 6) is -1.96. The van der Waals surface area contributed by atoms with Gasteiger partial charge in [0.2, 0.25) is 5.91 Å². The SMILES string of the molecule is CCCCCCC(C)CC.CCCN(CCC(C)CC)C(=O)CN=C1CC(F)(F)CC/C1=C(/N)C(C)=O.Cc1cccc(C)c1C. The van der Waals surface area contributed by atoms with Crippen LogP contribution in [-0.4, -0.2) is 47.9 Å². The molecule has 1 amide bonds. The fourth-order valence-corrected chi connectivity index (χ4v) is 5.04. The molecule has 2 unspecified atom stereocenters. The summed E-state index contributed by atoms with van der Waals surface area (Å²) in [4.78, 5) is 30.0. The number of halogens is 2. The Kier molecular flexibility index (Phi) is 22.4. The summed E-state index contributed by atoms with van der Waals surface area (Å²) in [6, 6.07) is 6.38. The molecule has 1 aromatic carbocycles. The summed E-state index contributed by atoms with van der Waals surface area (Å²) in [6.45, 7) is 22.0. The summed E-state index contributed by atoms with van der Waals surface area (Å²) in [7, 11) is 0. The van der Waals surface area contributed by atoms with E-state index >= 15 is 0 Å². The van der Waals surface area contributed by atoms with Crippen LogP contribution in [-0.2, 0) is 9.59 Å².